The highest BCUT2D eigenvalue weighted by atomic mass is 16.3. The van der Waals surface area contributed by atoms with Gasteiger partial charge in [-0.2, -0.15) is 0 Å². The summed E-state index contributed by atoms with van der Waals surface area (Å²) < 4.78 is 0. The SMILES string of the molecule is CC(C)CC(C(=O)c1ccc(N=O)cc1)c1ccccc1C(C)C. The summed E-state index contributed by atoms with van der Waals surface area (Å²) in [5.41, 5.74) is 3.31. The summed E-state index contributed by atoms with van der Waals surface area (Å²) in [7, 11) is 0. The number of rotatable bonds is 7. The van der Waals surface area contributed by atoms with Gasteiger partial charge in [0.1, 0.15) is 5.69 Å². The summed E-state index contributed by atoms with van der Waals surface area (Å²) in [6.45, 7) is 8.58. The minimum absolute atomic E-state index is 0.106. The lowest BCUT2D eigenvalue weighted by molar-refractivity contribution is 0.0948. The van der Waals surface area contributed by atoms with Gasteiger partial charge in [-0.1, -0.05) is 52.0 Å². The van der Waals surface area contributed by atoms with E-state index in [0.29, 0.717) is 23.1 Å². The fourth-order valence-corrected chi connectivity index (χ4v) is 3.09. The maximum Gasteiger partial charge on any atom is 0.170 e. The molecule has 3 nitrogen and oxygen atoms in total. The molecule has 0 bridgehead atoms. The molecule has 0 saturated heterocycles. The molecular formula is C21H25NO2. The molecule has 3 heteroatoms. The standard InChI is InChI=1S/C21H25NO2/c1-14(2)13-20(19-8-6-5-7-18(19)15(3)4)21(23)16-9-11-17(22-24)12-10-16/h5-12,14-15,20H,13H2,1-4H3. The molecule has 0 saturated carbocycles. The van der Waals surface area contributed by atoms with Crippen LogP contribution in [0.3, 0.4) is 0 Å². The fourth-order valence-electron chi connectivity index (χ4n) is 3.09. The number of nitroso groups, excluding NO2 is 1. The quantitative estimate of drug-likeness (QED) is 0.448. The predicted molar refractivity (Wildman–Crippen MR) is 99.0 cm³/mol. The van der Waals surface area contributed by atoms with Crippen LogP contribution in [0.1, 0.15) is 67.4 Å². The van der Waals surface area contributed by atoms with E-state index in [1.165, 1.54) is 5.56 Å². The second-order valence-electron chi connectivity index (χ2n) is 6.97. The molecule has 0 aliphatic rings. The number of Topliss-reactive ketones (excluding diaryl/α,β-unsaturated/α-hetero) is 1. The van der Waals surface area contributed by atoms with Crippen molar-refractivity contribution in [1.82, 2.24) is 0 Å². The van der Waals surface area contributed by atoms with Crippen molar-refractivity contribution in [3.05, 3.63) is 70.1 Å². The van der Waals surface area contributed by atoms with Gasteiger partial charge in [-0.3, -0.25) is 4.79 Å². The highest BCUT2D eigenvalue weighted by molar-refractivity contribution is 6.01. The molecule has 0 fully saturated rings. The first-order valence-electron chi connectivity index (χ1n) is 8.50. The zero-order valence-electron chi connectivity index (χ0n) is 14.8. The van der Waals surface area contributed by atoms with Gasteiger partial charge in [0.25, 0.3) is 0 Å². The molecule has 0 N–H and O–H groups in total. The van der Waals surface area contributed by atoms with Crippen molar-refractivity contribution in [1.29, 1.82) is 0 Å². The molecule has 1 atom stereocenters. The molecule has 0 radical (unpaired) electrons. The normalized spacial score (nSPS) is 12.4. The molecule has 24 heavy (non-hydrogen) atoms. The molecule has 2 aromatic carbocycles. The number of hydrogen-bond donors (Lipinski definition) is 0. The molecule has 2 aromatic rings. The average molecular weight is 323 g/mol. The minimum atomic E-state index is -0.168. The van der Waals surface area contributed by atoms with Gasteiger partial charge in [-0.25, -0.2) is 0 Å². The van der Waals surface area contributed by atoms with E-state index in [2.05, 4.69) is 45.0 Å². The van der Waals surface area contributed by atoms with E-state index >= 15 is 0 Å². The maximum absolute atomic E-state index is 13.1. The van der Waals surface area contributed by atoms with Gasteiger partial charge >= 0.3 is 0 Å². The average Bonchev–Trinajstić information content (AvgIpc) is 2.59. The van der Waals surface area contributed by atoms with Crippen LogP contribution in [0.5, 0.6) is 0 Å². The lowest BCUT2D eigenvalue weighted by Crippen LogP contribution is -2.17. The summed E-state index contributed by atoms with van der Waals surface area (Å²) in [6.07, 6.45) is 0.802. The van der Waals surface area contributed by atoms with E-state index in [1.54, 1.807) is 24.3 Å². The van der Waals surface area contributed by atoms with E-state index in [9.17, 15) is 9.70 Å². The third-order valence-corrected chi connectivity index (χ3v) is 4.27. The second-order valence-corrected chi connectivity index (χ2v) is 6.97. The molecule has 2 rings (SSSR count). The van der Waals surface area contributed by atoms with Crippen molar-refractivity contribution >= 4 is 11.5 Å². The molecule has 0 spiro atoms. The van der Waals surface area contributed by atoms with Crippen LogP contribution in [0.15, 0.2) is 53.7 Å². The largest absolute Gasteiger partial charge is 0.293 e. The van der Waals surface area contributed by atoms with Crippen LogP contribution in [0.25, 0.3) is 0 Å². The Labute approximate surface area is 144 Å². The Balaban J connectivity index is 2.44. The number of carbonyl (C=O) groups is 1. The first kappa shape index (κ1) is 18.1. The van der Waals surface area contributed by atoms with E-state index in [0.717, 1.165) is 12.0 Å². The zero-order valence-corrected chi connectivity index (χ0v) is 14.8. The molecule has 0 aliphatic carbocycles. The zero-order chi connectivity index (χ0) is 17.7. The lowest BCUT2D eigenvalue weighted by atomic mass is 9.80. The summed E-state index contributed by atoms with van der Waals surface area (Å²) in [6, 6.07) is 14.8. The Kier molecular flexibility index (Phi) is 6.02. The number of carbonyl (C=O) groups excluding carboxylic acids is 1. The van der Waals surface area contributed by atoms with Crippen LogP contribution in [0.4, 0.5) is 5.69 Å². The number of hydrogen-bond acceptors (Lipinski definition) is 3. The summed E-state index contributed by atoms with van der Waals surface area (Å²) in [5, 5.41) is 2.90. The summed E-state index contributed by atoms with van der Waals surface area (Å²) in [4.78, 5) is 23.7. The van der Waals surface area contributed by atoms with E-state index < -0.39 is 0 Å². The van der Waals surface area contributed by atoms with Crippen LogP contribution < -0.4 is 0 Å². The van der Waals surface area contributed by atoms with Gasteiger partial charge in [0.2, 0.25) is 0 Å². The Morgan fingerprint density at radius 1 is 0.917 bits per heavy atom. The first-order valence-corrected chi connectivity index (χ1v) is 8.50. The number of benzene rings is 2. The minimum Gasteiger partial charge on any atom is -0.293 e. The van der Waals surface area contributed by atoms with Gasteiger partial charge in [0.05, 0.1) is 0 Å². The van der Waals surface area contributed by atoms with Crippen molar-refractivity contribution in [2.24, 2.45) is 11.1 Å². The summed E-state index contributed by atoms with van der Waals surface area (Å²) in [5.74, 6) is 0.716. The highest BCUT2D eigenvalue weighted by Gasteiger charge is 2.25. The topological polar surface area (TPSA) is 46.5 Å². The van der Waals surface area contributed by atoms with Crippen molar-refractivity contribution in [2.75, 3.05) is 0 Å². The molecule has 0 heterocycles. The molecule has 0 amide bonds. The van der Waals surface area contributed by atoms with Crippen molar-refractivity contribution in [3.8, 4) is 0 Å². The second kappa shape index (κ2) is 8.00. The third kappa shape index (κ3) is 4.16. The first-order chi connectivity index (χ1) is 11.4. The third-order valence-electron chi connectivity index (χ3n) is 4.27. The molecular weight excluding hydrogens is 298 g/mol. The van der Waals surface area contributed by atoms with E-state index in [4.69, 9.17) is 0 Å². The Bertz CT molecular complexity index is 702. The molecule has 0 aromatic heterocycles. The smallest absolute Gasteiger partial charge is 0.170 e. The highest BCUT2D eigenvalue weighted by Crippen LogP contribution is 2.33. The van der Waals surface area contributed by atoms with Crippen molar-refractivity contribution < 1.29 is 4.79 Å². The van der Waals surface area contributed by atoms with Gasteiger partial charge in [0, 0.05) is 11.5 Å². The number of nitrogens with zero attached hydrogens (tertiary/aromatic N) is 1. The maximum atomic E-state index is 13.1. The number of ketones is 1. The predicted octanol–water partition coefficient (Wildman–Crippen LogP) is 6.22. The van der Waals surface area contributed by atoms with Gasteiger partial charge in [0.15, 0.2) is 5.78 Å². The van der Waals surface area contributed by atoms with Crippen molar-refractivity contribution in [2.45, 2.75) is 46.0 Å². The van der Waals surface area contributed by atoms with E-state index in [-0.39, 0.29) is 11.7 Å². The Morgan fingerprint density at radius 2 is 1.50 bits per heavy atom. The van der Waals surface area contributed by atoms with Crippen molar-refractivity contribution in [3.63, 3.8) is 0 Å². The molecule has 1 unspecified atom stereocenters. The van der Waals surface area contributed by atoms with Gasteiger partial charge < -0.3 is 0 Å². The van der Waals surface area contributed by atoms with Crippen LogP contribution >= 0.6 is 0 Å². The van der Waals surface area contributed by atoms with E-state index in [1.807, 2.05) is 12.1 Å². The Morgan fingerprint density at radius 3 is 2.00 bits per heavy atom. The van der Waals surface area contributed by atoms with Crippen LogP contribution in [0.2, 0.25) is 0 Å². The van der Waals surface area contributed by atoms with Crippen LogP contribution in [0, 0.1) is 10.8 Å². The summed E-state index contributed by atoms with van der Waals surface area (Å²) >= 11 is 0. The molecule has 126 valence electrons. The van der Waals surface area contributed by atoms with Gasteiger partial charge in [-0.15, -0.1) is 4.91 Å². The lowest BCUT2D eigenvalue weighted by Gasteiger charge is -2.23. The van der Waals surface area contributed by atoms with Crippen LogP contribution in [-0.2, 0) is 0 Å². The van der Waals surface area contributed by atoms with Crippen LogP contribution in [-0.4, -0.2) is 5.78 Å². The van der Waals surface area contributed by atoms with Gasteiger partial charge in [-0.05, 0) is 58.8 Å². The molecule has 0 aliphatic heterocycles. The fraction of sp³-hybridized carbons (Fsp3) is 0.381. The monoisotopic (exact) mass is 323 g/mol. The Hall–Kier alpha value is -2.29.